The highest BCUT2D eigenvalue weighted by atomic mass is 79.9. The molecule has 0 fully saturated rings. The molecule has 2 atom stereocenters. The van der Waals surface area contributed by atoms with Crippen molar-refractivity contribution in [3.8, 4) is 17.2 Å². The molecule has 1 aliphatic heterocycles. The van der Waals surface area contributed by atoms with Crippen molar-refractivity contribution in [3.05, 3.63) is 134 Å². The summed E-state index contributed by atoms with van der Waals surface area (Å²) in [6.07, 6.45) is 0.407. The molecule has 3 N–H and O–H groups in total. The molecule has 5 rings (SSSR count). The fraction of sp³-hybridized carbons (Fsp3) is 0.297. The van der Waals surface area contributed by atoms with Crippen LogP contribution >= 0.6 is 15.9 Å². The van der Waals surface area contributed by atoms with Gasteiger partial charge in [0.25, 0.3) is 5.91 Å². The number of carbonyl (C=O) groups excluding carboxylic acids is 1. The van der Waals surface area contributed by atoms with Crippen molar-refractivity contribution in [1.82, 2.24) is 10.9 Å². The van der Waals surface area contributed by atoms with Crippen LogP contribution in [0.25, 0.3) is 10.4 Å². The number of rotatable bonds is 17. The lowest BCUT2D eigenvalue weighted by molar-refractivity contribution is -0.130. The maximum atomic E-state index is 14.6. The molecule has 0 aliphatic carbocycles. The minimum absolute atomic E-state index is 0.0397. The van der Waals surface area contributed by atoms with E-state index in [0.29, 0.717) is 59.9 Å². The third kappa shape index (κ3) is 8.55. The summed E-state index contributed by atoms with van der Waals surface area (Å²) < 4.78 is 24.0. The van der Waals surface area contributed by atoms with Crippen LogP contribution in [0.4, 0.5) is 0 Å². The number of aliphatic hydroxyl groups excluding tert-OH is 1. The van der Waals surface area contributed by atoms with Crippen molar-refractivity contribution >= 4 is 27.7 Å². The Morgan fingerprint density at radius 2 is 1.76 bits per heavy atom. The molecule has 1 amide bonds. The highest BCUT2D eigenvalue weighted by Gasteiger charge is 2.54. The summed E-state index contributed by atoms with van der Waals surface area (Å²) in [5.41, 5.74) is 17.6. The molecule has 4 aromatic rings. The molecule has 1 aliphatic rings. The van der Waals surface area contributed by atoms with Gasteiger partial charge in [-0.3, -0.25) is 10.2 Å². The summed E-state index contributed by atoms with van der Waals surface area (Å²) in [4.78, 5) is 22.7. The molecule has 0 saturated heterocycles. The van der Waals surface area contributed by atoms with Crippen LogP contribution in [0.5, 0.6) is 17.2 Å². The quantitative estimate of drug-likeness (QED) is 0.0371. The van der Waals surface area contributed by atoms with Gasteiger partial charge < -0.3 is 24.1 Å². The third-order valence-electron chi connectivity index (χ3n) is 8.28. The topological polar surface area (TPSA) is 159 Å². The van der Waals surface area contributed by atoms with Gasteiger partial charge in [-0.1, -0.05) is 69.6 Å². The van der Waals surface area contributed by atoms with Crippen molar-refractivity contribution in [2.24, 2.45) is 10.1 Å². The predicted molar refractivity (Wildman–Crippen MR) is 193 cm³/mol. The van der Waals surface area contributed by atoms with Gasteiger partial charge in [-0.05, 0) is 76.7 Å². The van der Waals surface area contributed by atoms with E-state index in [1.54, 1.807) is 26.4 Å². The number of halogens is 1. The number of hydrazine groups is 1. The number of aliphatic hydroxyl groups is 1. The number of ether oxygens (including phenoxy) is 4. The van der Waals surface area contributed by atoms with E-state index in [0.717, 1.165) is 15.6 Å². The number of nitrogens with one attached hydrogen (secondary N) is 2. The summed E-state index contributed by atoms with van der Waals surface area (Å²) in [7, 11) is 3.18. The third-order valence-corrected chi connectivity index (χ3v) is 9.05. The standard InChI is InChI=1S/C37H39BrN6O6/c1-47-32-17-12-25(22-33(32)48-2)18-19-40-43-36(46)37(23-27-8-4-6-11-31(27)38)34(30-10-5-3-9-28(30)24-41-44-39)50-35(42-37)26-13-15-29(16-14-26)49-21-7-20-45/h3-6,8-17,22,34,40,45H,7,18-21,23-24H2,1-2H3,(H,43,46)/t34-,37-/m0/s1. The molecule has 4 aromatic carbocycles. The van der Waals surface area contributed by atoms with Crippen LogP contribution in [0.3, 0.4) is 0 Å². The summed E-state index contributed by atoms with van der Waals surface area (Å²) in [6, 6.07) is 28.0. The smallest absolute Gasteiger partial charge is 0.266 e. The Kier molecular flexibility index (Phi) is 12.7. The number of azide groups is 1. The van der Waals surface area contributed by atoms with Crippen molar-refractivity contribution in [1.29, 1.82) is 0 Å². The van der Waals surface area contributed by atoms with Crippen LogP contribution in [0.1, 0.15) is 40.3 Å². The van der Waals surface area contributed by atoms with Gasteiger partial charge >= 0.3 is 0 Å². The Bertz CT molecular complexity index is 1850. The normalized spacial score (nSPS) is 16.5. The molecule has 1 heterocycles. The van der Waals surface area contributed by atoms with Crippen LogP contribution in [-0.2, 0) is 28.9 Å². The number of carbonyl (C=O) groups is 1. The lowest BCUT2D eigenvalue weighted by atomic mass is 9.80. The van der Waals surface area contributed by atoms with E-state index in [-0.39, 0.29) is 25.5 Å². The number of hydrogen-bond donors (Lipinski definition) is 3. The first-order valence-electron chi connectivity index (χ1n) is 16.1. The zero-order chi connectivity index (χ0) is 35.3. The number of amides is 1. The molecule has 0 saturated carbocycles. The number of nitrogens with zero attached hydrogens (tertiary/aromatic N) is 4. The van der Waals surface area contributed by atoms with Crippen molar-refractivity contribution in [2.45, 2.75) is 37.5 Å². The van der Waals surface area contributed by atoms with E-state index in [4.69, 9.17) is 34.6 Å². The van der Waals surface area contributed by atoms with Gasteiger partial charge in [0.15, 0.2) is 23.1 Å². The molecule has 0 spiro atoms. The molecular weight excluding hydrogens is 704 g/mol. The van der Waals surface area contributed by atoms with Gasteiger partial charge in [-0.25, -0.2) is 10.4 Å². The fourth-order valence-electron chi connectivity index (χ4n) is 5.73. The van der Waals surface area contributed by atoms with E-state index in [9.17, 15) is 4.79 Å². The monoisotopic (exact) mass is 742 g/mol. The second-order valence-electron chi connectivity index (χ2n) is 11.5. The van der Waals surface area contributed by atoms with E-state index in [1.165, 1.54) is 0 Å². The maximum Gasteiger partial charge on any atom is 0.266 e. The van der Waals surface area contributed by atoms with Crippen LogP contribution in [0, 0.1) is 0 Å². The molecule has 260 valence electrons. The minimum Gasteiger partial charge on any atom is -0.494 e. The number of methoxy groups -OCH3 is 2. The van der Waals surface area contributed by atoms with E-state index in [1.807, 2.05) is 78.9 Å². The molecule has 0 bridgehead atoms. The first-order valence-corrected chi connectivity index (χ1v) is 16.9. The van der Waals surface area contributed by atoms with Gasteiger partial charge in [0.2, 0.25) is 5.90 Å². The van der Waals surface area contributed by atoms with E-state index in [2.05, 4.69) is 36.8 Å². The Hall–Kier alpha value is -5.07. The highest BCUT2D eigenvalue weighted by molar-refractivity contribution is 9.10. The first-order chi connectivity index (χ1) is 24.4. The lowest BCUT2D eigenvalue weighted by Crippen LogP contribution is -2.54. The minimum atomic E-state index is -1.49. The number of benzene rings is 4. The Morgan fingerprint density at radius 3 is 2.48 bits per heavy atom. The second kappa shape index (κ2) is 17.5. The van der Waals surface area contributed by atoms with Crippen molar-refractivity contribution in [3.63, 3.8) is 0 Å². The van der Waals surface area contributed by atoms with Crippen molar-refractivity contribution < 1.29 is 28.8 Å². The fourth-order valence-corrected chi connectivity index (χ4v) is 6.15. The van der Waals surface area contributed by atoms with Crippen molar-refractivity contribution in [2.75, 3.05) is 34.0 Å². The molecule has 0 radical (unpaired) electrons. The van der Waals surface area contributed by atoms with Crippen LogP contribution < -0.4 is 25.1 Å². The summed E-state index contributed by atoms with van der Waals surface area (Å²) >= 11 is 3.67. The van der Waals surface area contributed by atoms with Gasteiger partial charge in [-0.15, -0.1) is 0 Å². The molecule has 50 heavy (non-hydrogen) atoms. The molecule has 13 heteroatoms. The SMILES string of the molecule is COc1ccc(CCNNC(=O)[C@@]2(Cc3ccccc3Br)N=C(c3ccc(OCCCO)cc3)O[C@H]2c2ccccc2CN=[N+]=[N-])cc1OC. The number of aliphatic imine (C=N–C) groups is 1. The van der Waals surface area contributed by atoms with Crippen LogP contribution in [0.2, 0.25) is 0 Å². The zero-order valence-electron chi connectivity index (χ0n) is 27.8. The first kappa shape index (κ1) is 36.2. The van der Waals surface area contributed by atoms with E-state index < -0.39 is 17.6 Å². The lowest BCUT2D eigenvalue weighted by Gasteiger charge is -2.32. The van der Waals surface area contributed by atoms with Gasteiger partial charge in [0.1, 0.15) is 5.75 Å². The summed E-state index contributed by atoms with van der Waals surface area (Å²) in [6.45, 7) is 0.904. The van der Waals surface area contributed by atoms with E-state index >= 15 is 0 Å². The average Bonchev–Trinajstić information content (AvgIpc) is 3.53. The predicted octanol–water partition coefficient (Wildman–Crippen LogP) is 6.40. The molecule has 0 aromatic heterocycles. The second-order valence-corrected chi connectivity index (χ2v) is 12.3. The highest BCUT2D eigenvalue weighted by Crippen LogP contribution is 2.44. The summed E-state index contributed by atoms with van der Waals surface area (Å²) in [5.74, 6) is 1.77. The van der Waals surface area contributed by atoms with Gasteiger partial charge in [0, 0.05) is 40.9 Å². The largest absolute Gasteiger partial charge is 0.494 e. The average molecular weight is 744 g/mol. The molecule has 12 nitrogen and oxygen atoms in total. The van der Waals surface area contributed by atoms with Gasteiger partial charge in [0.05, 0.1) is 27.4 Å². The van der Waals surface area contributed by atoms with Gasteiger partial charge in [-0.2, -0.15) is 0 Å². The molecule has 0 unspecified atom stereocenters. The number of hydrogen-bond acceptors (Lipinski definition) is 9. The summed E-state index contributed by atoms with van der Waals surface area (Å²) in [5, 5.41) is 12.9. The van der Waals surface area contributed by atoms with Crippen LogP contribution in [0.15, 0.2) is 106 Å². The Balaban J connectivity index is 1.51. The van der Waals surface area contributed by atoms with Crippen LogP contribution in [-0.4, -0.2) is 56.4 Å². The maximum absolute atomic E-state index is 14.6. The zero-order valence-corrected chi connectivity index (χ0v) is 29.4. The molecular formula is C37H39BrN6O6. The Morgan fingerprint density at radius 1 is 1.02 bits per heavy atom. The Labute approximate surface area is 299 Å².